The summed E-state index contributed by atoms with van der Waals surface area (Å²) in [6.07, 6.45) is 0. The number of rotatable bonds is 2. The Morgan fingerprint density at radius 2 is 1.64 bits per heavy atom. The predicted octanol–water partition coefficient (Wildman–Crippen LogP) is 2.34. The molecule has 14 heavy (non-hydrogen) atoms. The van der Waals surface area contributed by atoms with Crippen LogP contribution < -0.4 is 0 Å². The van der Waals surface area contributed by atoms with Crippen LogP contribution in [-0.4, -0.2) is 10.00 Å². The van der Waals surface area contributed by atoms with Crippen LogP contribution in [0, 0.1) is 20.8 Å². The van der Waals surface area contributed by atoms with Crippen molar-refractivity contribution in [2.75, 3.05) is 0 Å². The van der Waals surface area contributed by atoms with Gasteiger partial charge in [-0.1, -0.05) is 17.7 Å². The third-order valence-corrected chi connectivity index (χ3v) is 2.88. The molecular formula is C10H14O3P+. The van der Waals surface area contributed by atoms with Crippen LogP contribution in [0.15, 0.2) is 12.1 Å². The highest BCUT2D eigenvalue weighted by atomic mass is 31.1. The molecule has 0 spiro atoms. The summed E-state index contributed by atoms with van der Waals surface area (Å²) in [4.78, 5) is 8.85. The summed E-state index contributed by atoms with van der Waals surface area (Å²) < 4.78 is 10.8. The van der Waals surface area contributed by atoms with Crippen LogP contribution in [0.5, 0.6) is 0 Å². The molecule has 1 aromatic carbocycles. The highest BCUT2D eigenvalue weighted by Gasteiger charge is 2.30. The lowest BCUT2D eigenvalue weighted by molar-refractivity contribution is 0.241. The van der Waals surface area contributed by atoms with Gasteiger partial charge in [0.05, 0.1) is 0 Å². The number of aryl methyl sites for hydroxylation is 3. The minimum Gasteiger partial charge on any atom is -0.345 e. The van der Waals surface area contributed by atoms with E-state index in [9.17, 15) is 9.67 Å². The van der Waals surface area contributed by atoms with Crippen molar-refractivity contribution in [1.82, 2.24) is 0 Å². The van der Waals surface area contributed by atoms with Crippen molar-refractivity contribution in [1.29, 1.82) is 0 Å². The lowest BCUT2D eigenvalue weighted by Gasteiger charge is -2.09. The lowest BCUT2D eigenvalue weighted by Crippen LogP contribution is -1.99. The van der Waals surface area contributed by atoms with E-state index in [4.69, 9.17) is 4.89 Å². The summed E-state index contributed by atoms with van der Waals surface area (Å²) in [6.45, 7) is 5.61. The van der Waals surface area contributed by atoms with Gasteiger partial charge in [0, 0.05) is 5.56 Å². The van der Waals surface area contributed by atoms with Crippen LogP contribution in [0.4, 0.5) is 0 Å². The van der Waals surface area contributed by atoms with E-state index in [0.29, 0.717) is 5.56 Å². The number of benzene rings is 1. The largest absolute Gasteiger partial charge is 0.542 e. The fourth-order valence-electron chi connectivity index (χ4n) is 1.71. The van der Waals surface area contributed by atoms with Gasteiger partial charge in [0.15, 0.2) is 0 Å². The zero-order chi connectivity index (χ0) is 10.9. The molecule has 0 radical (unpaired) electrons. The summed E-state index contributed by atoms with van der Waals surface area (Å²) >= 11 is 0. The molecule has 2 unspecified atom stereocenters. The Morgan fingerprint density at radius 1 is 1.21 bits per heavy atom. The third-order valence-electron chi connectivity index (χ3n) is 2.21. The van der Waals surface area contributed by atoms with Crippen molar-refractivity contribution in [2.24, 2.45) is 0 Å². The fourth-order valence-corrected chi connectivity index (χ4v) is 2.34. The first-order chi connectivity index (χ1) is 6.43. The molecule has 1 rings (SSSR count). The average Bonchev–Trinajstić information content (AvgIpc) is 2.01. The van der Waals surface area contributed by atoms with Crippen molar-refractivity contribution in [3.8, 4) is 0 Å². The van der Waals surface area contributed by atoms with Crippen molar-refractivity contribution in [2.45, 2.75) is 26.6 Å². The van der Waals surface area contributed by atoms with Gasteiger partial charge in [-0.05, 0) is 36.5 Å². The minimum absolute atomic E-state index is 0.569. The molecule has 3 nitrogen and oxygen atoms in total. The molecule has 4 heteroatoms. The maximum atomic E-state index is 10.8. The van der Waals surface area contributed by atoms with Crippen LogP contribution >= 0.6 is 8.03 Å². The SMILES string of the molecule is Cc1cc(C)c(C(O)[P+](=O)O)c(C)c1. The van der Waals surface area contributed by atoms with E-state index < -0.39 is 13.9 Å². The molecule has 0 aliphatic carbocycles. The topological polar surface area (TPSA) is 57.5 Å². The zero-order valence-electron chi connectivity index (χ0n) is 8.48. The van der Waals surface area contributed by atoms with Crippen LogP contribution in [0.2, 0.25) is 0 Å². The maximum absolute atomic E-state index is 10.8. The van der Waals surface area contributed by atoms with Crippen molar-refractivity contribution < 1.29 is 14.6 Å². The van der Waals surface area contributed by atoms with E-state index in [1.54, 1.807) is 0 Å². The first kappa shape index (κ1) is 11.3. The second kappa shape index (κ2) is 4.18. The molecule has 2 N–H and O–H groups in total. The van der Waals surface area contributed by atoms with E-state index in [0.717, 1.165) is 16.7 Å². The number of hydrogen-bond donors (Lipinski definition) is 2. The van der Waals surface area contributed by atoms with Crippen molar-refractivity contribution in [3.05, 3.63) is 34.4 Å². The Labute approximate surface area is 84.3 Å². The number of aliphatic hydroxyl groups is 1. The molecule has 76 valence electrons. The number of hydrogen-bond acceptors (Lipinski definition) is 2. The molecule has 1 aromatic rings. The second-order valence-electron chi connectivity index (χ2n) is 3.49. The molecule has 0 bridgehead atoms. The Hall–Kier alpha value is -0.760. The fraction of sp³-hybridized carbons (Fsp3) is 0.400. The van der Waals surface area contributed by atoms with E-state index in [1.807, 2.05) is 32.9 Å². The van der Waals surface area contributed by atoms with Gasteiger partial charge in [-0.2, -0.15) is 4.89 Å². The Bertz CT molecular complexity index is 351. The van der Waals surface area contributed by atoms with Gasteiger partial charge in [0.2, 0.25) is 0 Å². The van der Waals surface area contributed by atoms with Crippen LogP contribution in [0.1, 0.15) is 28.1 Å². The standard InChI is InChI=1S/C10H13O3P/c1-6-4-7(2)9(8(3)5-6)10(11)14(12)13/h4-5,10-11H,1-3H3/p+1. The van der Waals surface area contributed by atoms with Crippen LogP contribution in [-0.2, 0) is 4.57 Å². The molecular weight excluding hydrogens is 199 g/mol. The average molecular weight is 213 g/mol. The molecule has 0 aliphatic heterocycles. The Morgan fingerprint density at radius 3 is 2.00 bits per heavy atom. The highest BCUT2D eigenvalue weighted by molar-refractivity contribution is 7.38. The molecule has 0 aliphatic rings. The van der Waals surface area contributed by atoms with Crippen LogP contribution in [0.25, 0.3) is 0 Å². The normalized spacial score (nSPS) is 13.9. The van der Waals surface area contributed by atoms with Crippen molar-refractivity contribution in [3.63, 3.8) is 0 Å². The van der Waals surface area contributed by atoms with Gasteiger partial charge in [0.25, 0.3) is 0 Å². The maximum Gasteiger partial charge on any atom is 0.542 e. The van der Waals surface area contributed by atoms with E-state index >= 15 is 0 Å². The summed E-state index contributed by atoms with van der Waals surface area (Å²) in [5.74, 6) is -1.27. The Balaban J connectivity index is 3.27. The lowest BCUT2D eigenvalue weighted by atomic mass is 10.0. The minimum atomic E-state index is -2.57. The molecule has 0 heterocycles. The highest BCUT2D eigenvalue weighted by Crippen LogP contribution is 2.38. The van der Waals surface area contributed by atoms with Gasteiger partial charge in [-0.25, -0.2) is 0 Å². The monoisotopic (exact) mass is 213 g/mol. The van der Waals surface area contributed by atoms with E-state index in [1.165, 1.54) is 0 Å². The second-order valence-corrected chi connectivity index (χ2v) is 4.58. The molecule has 0 amide bonds. The van der Waals surface area contributed by atoms with Gasteiger partial charge in [-0.3, -0.25) is 0 Å². The first-order valence-electron chi connectivity index (χ1n) is 4.34. The molecule has 0 fully saturated rings. The van der Waals surface area contributed by atoms with Gasteiger partial charge >= 0.3 is 13.9 Å². The van der Waals surface area contributed by atoms with Crippen LogP contribution in [0.3, 0.4) is 0 Å². The van der Waals surface area contributed by atoms with Gasteiger partial charge in [0.1, 0.15) is 0 Å². The molecule has 2 atom stereocenters. The summed E-state index contributed by atoms with van der Waals surface area (Å²) in [7, 11) is -2.57. The van der Waals surface area contributed by atoms with Crippen molar-refractivity contribution >= 4 is 8.03 Å². The van der Waals surface area contributed by atoms with Gasteiger partial charge < -0.3 is 5.11 Å². The molecule has 0 aromatic heterocycles. The quantitative estimate of drug-likeness (QED) is 0.741. The number of aliphatic hydroxyl groups excluding tert-OH is 1. The summed E-state index contributed by atoms with van der Waals surface area (Å²) in [5.41, 5.74) is 3.36. The Kier molecular flexibility index (Phi) is 3.38. The molecule has 0 saturated heterocycles. The smallest absolute Gasteiger partial charge is 0.345 e. The molecule has 0 saturated carbocycles. The predicted molar refractivity (Wildman–Crippen MR) is 55.4 cm³/mol. The zero-order valence-corrected chi connectivity index (χ0v) is 9.38. The van der Waals surface area contributed by atoms with E-state index in [2.05, 4.69) is 0 Å². The third kappa shape index (κ3) is 2.18. The first-order valence-corrected chi connectivity index (χ1v) is 5.62. The summed E-state index contributed by atoms with van der Waals surface area (Å²) in [5, 5.41) is 9.52. The van der Waals surface area contributed by atoms with E-state index in [-0.39, 0.29) is 0 Å². The van der Waals surface area contributed by atoms with Gasteiger partial charge in [-0.15, -0.1) is 0 Å². The summed E-state index contributed by atoms with van der Waals surface area (Å²) in [6, 6.07) is 3.79.